The predicted molar refractivity (Wildman–Crippen MR) is 56.3 cm³/mol. The standard InChI is InChI=1S/C10H13N3O4/c11-9(14)6-3-12-13(4-6)5-7-1-2-8(17-7)10(15)16/h3-4,7-8H,1-2,5H2,(H2,11,14)(H,15,16). The van der Waals surface area contributed by atoms with Gasteiger partial charge < -0.3 is 15.6 Å². The van der Waals surface area contributed by atoms with Crippen LogP contribution in [-0.4, -0.2) is 39.0 Å². The van der Waals surface area contributed by atoms with Crippen LogP contribution in [0.15, 0.2) is 12.4 Å². The first-order valence-corrected chi connectivity index (χ1v) is 5.27. The number of rotatable bonds is 4. The largest absolute Gasteiger partial charge is 0.479 e. The number of nitrogens with two attached hydrogens (primary N) is 1. The molecule has 1 aromatic heterocycles. The third kappa shape index (κ3) is 2.62. The fraction of sp³-hybridized carbons (Fsp3) is 0.500. The van der Waals surface area contributed by atoms with Gasteiger partial charge in [0.2, 0.25) is 0 Å². The number of hydrogen-bond acceptors (Lipinski definition) is 4. The molecule has 0 radical (unpaired) electrons. The van der Waals surface area contributed by atoms with E-state index < -0.39 is 18.0 Å². The molecule has 92 valence electrons. The van der Waals surface area contributed by atoms with Gasteiger partial charge in [-0.3, -0.25) is 9.48 Å². The van der Waals surface area contributed by atoms with Crippen molar-refractivity contribution in [1.29, 1.82) is 0 Å². The van der Waals surface area contributed by atoms with E-state index in [1.807, 2.05) is 0 Å². The number of amides is 1. The van der Waals surface area contributed by atoms with E-state index in [0.29, 0.717) is 24.9 Å². The summed E-state index contributed by atoms with van der Waals surface area (Å²) in [6.07, 6.45) is 3.17. The van der Waals surface area contributed by atoms with E-state index in [0.717, 1.165) is 0 Å². The Morgan fingerprint density at radius 3 is 2.88 bits per heavy atom. The van der Waals surface area contributed by atoms with Crippen molar-refractivity contribution in [3.8, 4) is 0 Å². The predicted octanol–water partition coefficient (Wildman–Crippen LogP) is -0.386. The van der Waals surface area contributed by atoms with Crippen LogP contribution in [-0.2, 0) is 16.1 Å². The number of carboxylic acid groups (broad SMARTS) is 1. The summed E-state index contributed by atoms with van der Waals surface area (Å²) in [7, 11) is 0. The molecular weight excluding hydrogens is 226 g/mol. The van der Waals surface area contributed by atoms with Crippen LogP contribution in [0.4, 0.5) is 0 Å². The van der Waals surface area contributed by atoms with Crippen molar-refractivity contribution in [2.75, 3.05) is 0 Å². The molecular formula is C10H13N3O4. The first kappa shape index (κ1) is 11.6. The Bertz CT molecular complexity index is 443. The Kier molecular flexibility index (Phi) is 3.10. The van der Waals surface area contributed by atoms with Gasteiger partial charge in [-0.15, -0.1) is 0 Å². The molecule has 1 aliphatic heterocycles. The van der Waals surface area contributed by atoms with Crippen LogP contribution in [0.25, 0.3) is 0 Å². The first-order chi connectivity index (χ1) is 8.06. The highest BCUT2D eigenvalue weighted by molar-refractivity contribution is 5.92. The number of carbonyl (C=O) groups excluding carboxylic acids is 1. The zero-order valence-corrected chi connectivity index (χ0v) is 9.07. The van der Waals surface area contributed by atoms with Crippen molar-refractivity contribution in [2.24, 2.45) is 5.73 Å². The quantitative estimate of drug-likeness (QED) is 0.744. The van der Waals surface area contributed by atoms with Crippen molar-refractivity contribution < 1.29 is 19.4 Å². The van der Waals surface area contributed by atoms with Crippen LogP contribution in [0.3, 0.4) is 0 Å². The van der Waals surface area contributed by atoms with E-state index in [2.05, 4.69) is 5.10 Å². The molecule has 7 nitrogen and oxygen atoms in total. The topological polar surface area (TPSA) is 107 Å². The van der Waals surface area contributed by atoms with Crippen molar-refractivity contribution in [1.82, 2.24) is 9.78 Å². The molecule has 3 N–H and O–H groups in total. The van der Waals surface area contributed by atoms with E-state index in [9.17, 15) is 9.59 Å². The molecule has 0 bridgehead atoms. The van der Waals surface area contributed by atoms with Gasteiger partial charge in [-0.05, 0) is 12.8 Å². The molecule has 2 unspecified atom stereocenters. The van der Waals surface area contributed by atoms with Crippen molar-refractivity contribution in [3.05, 3.63) is 18.0 Å². The molecule has 1 amide bonds. The van der Waals surface area contributed by atoms with Crippen molar-refractivity contribution in [2.45, 2.75) is 31.6 Å². The van der Waals surface area contributed by atoms with E-state index >= 15 is 0 Å². The second kappa shape index (κ2) is 4.54. The molecule has 1 fully saturated rings. The summed E-state index contributed by atoms with van der Waals surface area (Å²) in [4.78, 5) is 21.5. The number of ether oxygens (including phenoxy) is 1. The SMILES string of the molecule is NC(=O)c1cnn(CC2CCC(C(=O)O)O2)c1. The van der Waals surface area contributed by atoms with E-state index in [-0.39, 0.29) is 6.10 Å². The van der Waals surface area contributed by atoms with Gasteiger partial charge in [-0.25, -0.2) is 4.79 Å². The molecule has 0 saturated carbocycles. The Hall–Kier alpha value is -1.89. The fourth-order valence-electron chi connectivity index (χ4n) is 1.82. The van der Waals surface area contributed by atoms with Crippen LogP contribution in [0, 0.1) is 0 Å². The number of aromatic nitrogens is 2. The average Bonchev–Trinajstić information content (AvgIpc) is 2.87. The zero-order valence-electron chi connectivity index (χ0n) is 9.07. The maximum absolute atomic E-state index is 10.9. The lowest BCUT2D eigenvalue weighted by Crippen LogP contribution is -2.23. The number of nitrogens with zero attached hydrogens (tertiary/aromatic N) is 2. The number of aliphatic carboxylic acids is 1. The van der Waals surface area contributed by atoms with Gasteiger partial charge in [0.15, 0.2) is 6.10 Å². The fourth-order valence-corrected chi connectivity index (χ4v) is 1.82. The summed E-state index contributed by atoms with van der Waals surface area (Å²) in [5, 5.41) is 12.7. The summed E-state index contributed by atoms with van der Waals surface area (Å²) in [5.74, 6) is -1.47. The van der Waals surface area contributed by atoms with Gasteiger partial charge in [0.05, 0.1) is 24.4 Å². The molecule has 7 heteroatoms. The second-order valence-electron chi connectivity index (χ2n) is 3.98. The van der Waals surface area contributed by atoms with Gasteiger partial charge in [0.1, 0.15) is 0 Å². The van der Waals surface area contributed by atoms with E-state index in [4.69, 9.17) is 15.6 Å². The van der Waals surface area contributed by atoms with Gasteiger partial charge in [-0.1, -0.05) is 0 Å². The lowest BCUT2D eigenvalue weighted by molar-refractivity contribution is -0.149. The molecule has 17 heavy (non-hydrogen) atoms. The molecule has 1 saturated heterocycles. The molecule has 1 aromatic rings. The lowest BCUT2D eigenvalue weighted by atomic mass is 10.2. The summed E-state index contributed by atoms with van der Waals surface area (Å²) in [6.45, 7) is 0.428. The van der Waals surface area contributed by atoms with Gasteiger partial charge in [0.25, 0.3) is 5.91 Å². The molecule has 0 spiro atoms. The van der Waals surface area contributed by atoms with Crippen molar-refractivity contribution >= 4 is 11.9 Å². The molecule has 0 aromatic carbocycles. The van der Waals surface area contributed by atoms with Gasteiger partial charge in [-0.2, -0.15) is 5.10 Å². The number of hydrogen-bond donors (Lipinski definition) is 2. The normalized spacial score (nSPS) is 23.8. The van der Waals surface area contributed by atoms with E-state index in [1.54, 1.807) is 0 Å². The summed E-state index contributed by atoms with van der Waals surface area (Å²) >= 11 is 0. The van der Waals surface area contributed by atoms with Crippen LogP contribution in [0.2, 0.25) is 0 Å². The molecule has 0 aliphatic carbocycles. The Morgan fingerprint density at radius 2 is 2.35 bits per heavy atom. The smallest absolute Gasteiger partial charge is 0.332 e. The highest BCUT2D eigenvalue weighted by Gasteiger charge is 2.30. The molecule has 2 atom stereocenters. The number of primary amides is 1. The number of carbonyl (C=O) groups is 2. The lowest BCUT2D eigenvalue weighted by Gasteiger charge is -2.10. The van der Waals surface area contributed by atoms with Crippen LogP contribution >= 0.6 is 0 Å². The second-order valence-corrected chi connectivity index (χ2v) is 3.98. The summed E-state index contributed by atoms with van der Waals surface area (Å²) in [6, 6.07) is 0. The molecule has 1 aliphatic rings. The van der Waals surface area contributed by atoms with E-state index in [1.165, 1.54) is 17.1 Å². The highest BCUT2D eigenvalue weighted by atomic mass is 16.5. The maximum Gasteiger partial charge on any atom is 0.332 e. The van der Waals surface area contributed by atoms with Crippen LogP contribution in [0.5, 0.6) is 0 Å². The van der Waals surface area contributed by atoms with Crippen LogP contribution in [0.1, 0.15) is 23.2 Å². The Morgan fingerprint density at radius 1 is 1.59 bits per heavy atom. The molecule has 2 rings (SSSR count). The third-order valence-corrected chi connectivity index (χ3v) is 2.69. The Balaban J connectivity index is 1.93. The zero-order chi connectivity index (χ0) is 12.4. The first-order valence-electron chi connectivity index (χ1n) is 5.27. The third-order valence-electron chi connectivity index (χ3n) is 2.69. The summed E-state index contributed by atoms with van der Waals surface area (Å²) < 4.78 is 6.86. The minimum absolute atomic E-state index is 0.184. The minimum atomic E-state index is -0.939. The maximum atomic E-state index is 10.9. The van der Waals surface area contributed by atoms with Gasteiger partial charge >= 0.3 is 5.97 Å². The monoisotopic (exact) mass is 239 g/mol. The van der Waals surface area contributed by atoms with Gasteiger partial charge in [0, 0.05) is 6.20 Å². The summed E-state index contributed by atoms with van der Waals surface area (Å²) in [5.41, 5.74) is 5.43. The minimum Gasteiger partial charge on any atom is -0.479 e. The average molecular weight is 239 g/mol. The van der Waals surface area contributed by atoms with Crippen LogP contribution < -0.4 is 5.73 Å². The molecule has 2 heterocycles. The number of carboxylic acids is 1. The van der Waals surface area contributed by atoms with Crippen molar-refractivity contribution in [3.63, 3.8) is 0 Å². The Labute approximate surface area is 97.2 Å². The highest BCUT2D eigenvalue weighted by Crippen LogP contribution is 2.21.